The molecule has 4 aromatic rings. The number of hydrogen-bond acceptors (Lipinski definition) is 15. The number of phenols is 1. The van der Waals surface area contributed by atoms with Gasteiger partial charge in [0.15, 0.2) is 22.4 Å². The van der Waals surface area contributed by atoms with Crippen LogP contribution in [0, 0.1) is 36.5 Å². The lowest BCUT2D eigenvalue weighted by Gasteiger charge is -2.36. The van der Waals surface area contributed by atoms with Gasteiger partial charge >= 0.3 is 5.79 Å². The van der Waals surface area contributed by atoms with Crippen molar-refractivity contribution in [3.63, 3.8) is 0 Å². The van der Waals surface area contributed by atoms with E-state index < -0.39 is 82.1 Å². The second kappa shape index (κ2) is 18.4. The van der Waals surface area contributed by atoms with Gasteiger partial charge in [0.25, 0.3) is 5.91 Å². The first kappa shape index (κ1) is 47.4. The van der Waals surface area contributed by atoms with Crippen LogP contribution in [0.15, 0.2) is 62.3 Å². The summed E-state index contributed by atoms with van der Waals surface area (Å²) < 4.78 is 24.5. The monoisotopic (exact) mass is 898 g/mol. The van der Waals surface area contributed by atoms with Crippen LogP contribution in [0.5, 0.6) is 11.5 Å². The molecule has 65 heavy (non-hydrogen) atoms. The van der Waals surface area contributed by atoms with E-state index in [0.717, 1.165) is 19.6 Å². The van der Waals surface area contributed by atoms with Crippen molar-refractivity contribution in [2.45, 2.75) is 92.5 Å². The predicted octanol–water partition coefficient (Wildman–Crippen LogP) is 4.77. The Kier molecular flexibility index (Phi) is 13.4. The number of aromatic nitrogens is 1. The van der Waals surface area contributed by atoms with Gasteiger partial charge in [-0.25, -0.2) is 4.98 Å². The summed E-state index contributed by atoms with van der Waals surface area (Å²) in [5.74, 6) is -5.68. The fraction of sp³-hybridized carbons (Fsp3) is 0.510. The molecule has 1 aromatic heterocycles. The van der Waals surface area contributed by atoms with Crippen LogP contribution in [-0.2, 0) is 14.3 Å². The van der Waals surface area contributed by atoms with E-state index in [0.29, 0.717) is 24.7 Å². The predicted molar refractivity (Wildman–Crippen MR) is 249 cm³/mol. The van der Waals surface area contributed by atoms with E-state index in [-0.39, 0.29) is 60.8 Å². The smallest absolute Gasteiger partial charge is 0.307 e. The number of carbonyl (C=O) groups excluding carboxylic acids is 1. The number of nitrogens with zero attached hydrogens (tertiary/aromatic N) is 3. The molecule has 3 aromatic carbocycles. The van der Waals surface area contributed by atoms with Crippen LogP contribution < -0.4 is 31.0 Å². The van der Waals surface area contributed by atoms with Crippen molar-refractivity contribution in [2.24, 2.45) is 29.6 Å². The van der Waals surface area contributed by atoms with Crippen molar-refractivity contribution >= 4 is 56.0 Å². The van der Waals surface area contributed by atoms with Gasteiger partial charge in [-0.3, -0.25) is 19.3 Å². The van der Waals surface area contributed by atoms with Gasteiger partial charge in [0.1, 0.15) is 22.7 Å². The van der Waals surface area contributed by atoms with Gasteiger partial charge in [0, 0.05) is 105 Å². The van der Waals surface area contributed by atoms with Crippen molar-refractivity contribution in [3.8, 4) is 11.5 Å². The molecule has 7 rings (SSSR count). The first-order valence-electron chi connectivity index (χ1n) is 22.3. The highest BCUT2D eigenvalue weighted by Gasteiger charge is 2.44. The van der Waals surface area contributed by atoms with E-state index in [9.17, 15) is 39.9 Å². The van der Waals surface area contributed by atoms with Gasteiger partial charge in [-0.05, 0) is 25.8 Å². The topological polar surface area (TPSA) is 225 Å². The minimum absolute atomic E-state index is 0.0337. The Hall–Kier alpha value is -5.52. The molecule has 0 unspecified atom stereocenters. The number of hydrogen-bond donors (Lipinski definition) is 6. The van der Waals surface area contributed by atoms with E-state index in [1.54, 1.807) is 45.9 Å². The van der Waals surface area contributed by atoms with Crippen molar-refractivity contribution in [1.29, 1.82) is 0 Å². The molecule has 0 radical (unpaired) electrons. The third-order valence-electron chi connectivity index (χ3n) is 13.5. The number of ether oxygens (including phenoxy) is 3. The highest BCUT2D eigenvalue weighted by molar-refractivity contribution is 6.16. The number of benzene rings is 3. The van der Waals surface area contributed by atoms with Crippen molar-refractivity contribution < 1.29 is 49.0 Å². The zero-order valence-electron chi connectivity index (χ0n) is 38.7. The van der Waals surface area contributed by atoms with Crippen LogP contribution in [0.4, 0.5) is 11.4 Å². The van der Waals surface area contributed by atoms with E-state index >= 15 is 0 Å². The molecule has 1 fully saturated rings. The molecule has 16 nitrogen and oxygen atoms in total. The number of fused-ring (bicyclic) bond motifs is 2. The van der Waals surface area contributed by atoms with Crippen LogP contribution in [0.2, 0.25) is 0 Å². The molecule has 0 spiro atoms. The fourth-order valence-corrected chi connectivity index (χ4v) is 9.37. The molecule has 350 valence electrons. The third-order valence-corrected chi connectivity index (χ3v) is 13.5. The largest absolute Gasteiger partial charge is 0.507 e. The van der Waals surface area contributed by atoms with Gasteiger partial charge in [-0.2, -0.15) is 0 Å². The van der Waals surface area contributed by atoms with Crippen LogP contribution in [0.25, 0.3) is 38.7 Å². The summed E-state index contributed by atoms with van der Waals surface area (Å²) in [6.45, 7) is 19.5. The van der Waals surface area contributed by atoms with Crippen molar-refractivity contribution in [1.82, 2.24) is 9.88 Å². The number of aliphatic hydroxyl groups excluding tert-OH is 4. The maximum atomic E-state index is 14.8. The zero-order valence-corrected chi connectivity index (χ0v) is 38.7. The average molecular weight is 899 g/mol. The third kappa shape index (κ3) is 8.69. The fourth-order valence-electron chi connectivity index (χ4n) is 9.37. The minimum Gasteiger partial charge on any atom is -0.507 e. The number of aromatic hydroxyl groups is 1. The second-order valence-electron chi connectivity index (χ2n) is 18.6. The lowest BCUT2D eigenvalue weighted by Crippen LogP contribution is -2.47. The van der Waals surface area contributed by atoms with Crippen LogP contribution in [0.3, 0.4) is 0 Å². The summed E-state index contributed by atoms with van der Waals surface area (Å²) in [7, 11) is 1.45. The number of nitrogens with one attached hydrogen (secondary N) is 1. The number of rotatable bonds is 4. The maximum Gasteiger partial charge on any atom is 0.307 e. The Morgan fingerprint density at radius 1 is 0.908 bits per heavy atom. The number of allylic oxidation sites excluding steroid dienone is 2. The first-order chi connectivity index (χ1) is 30.7. The first-order valence-corrected chi connectivity index (χ1v) is 22.3. The summed E-state index contributed by atoms with van der Waals surface area (Å²) >= 11 is 0. The molecule has 0 saturated carbocycles. The summed E-state index contributed by atoms with van der Waals surface area (Å²) in [6.07, 6.45) is 3.50. The zero-order chi connectivity index (χ0) is 47.4. The Balaban J connectivity index is 1.46. The SMILES string of the molecule is CO[C@@H]1/C=C/O[C@@]2(C)Oc3c(C)c(O)c4c(=O)c(c5oc6cc(N7CCN(CC(C)C)CC7)cc(=O)c6nc5c4c3=C2O)NC(=O)/C(C)=C\C=C\[C@H](C)[C@H](O)[C@@H](C)[C@@H](O)[C@H](C)[C@H](O)[C@@H]1C. The van der Waals surface area contributed by atoms with Crippen molar-refractivity contribution in [3.05, 3.63) is 79.5 Å². The minimum atomic E-state index is -1.95. The quantitative estimate of drug-likeness (QED) is 0.120. The summed E-state index contributed by atoms with van der Waals surface area (Å²) in [5.41, 5.74) is -1.25. The molecule has 1 saturated heterocycles. The molecular formula is C49H62N4O12. The molecule has 1 amide bonds. The number of aliphatic hydroxyl groups is 4. The number of carbonyl (C=O) groups is 1. The van der Waals surface area contributed by atoms with E-state index in [4.69, 9.17) is 23.6 Å². The number of methoxy groups -OCH3 is 1. The molecule has 4 bridgehead atoms. The van der Waals surface area contributed by atoms with Crippen LogP contribution >= 0.6 is 0 Å². The van der Waals surface area contributed by atoms with Crippen molar-refractivity contribution in [2.75, 3.05) is 50.1 Å². The maximum absolute atomic E-state index is 14.8. The molecule has 0 aliphatic carbocycles. The van der Waals surface area contributed by atoms with Gasteiger partial charge in [0.05, 0.1) is 41.3 Å². The summed E-state index contributed by atoms with van der Waals surface area (Å²) in [6, 6.07) is 3.17. The molecule has 6 N–H and O–H groups in total. The molecule has 4 heterocycles. The Bertz CT molecular complexity index is 2780. The van der Waals surface area contributed by atoms with Gasteiger partial charge in [-0.15, -0.1) is 0 Å². The molecule has 9 atom stereocenters. The summed E-state index contributed by atoms with van der Waals surface area (Å²) in [5, 5.41) is 60.2. The van der Waals surface area contributed by atoms with E-state index in [1.165, 1.54) is 52.4 Å². The Labute approximate surface area is 377 Å². The lowest BCUT2D eigenvalue weighted by atomic mass is 9.78. The molecule has 3 aliphatic heterocycles. The summed E-state index contributed by atoms with van der Waals surface area (Å²) in [4.78, 5) is 52.1. The number of piperazine rings is 1. The van der Waals surface area contributed by atoms with Gasteiger partial charge in [0.2, 0.25) is 10.9 Å². The standard InChI is InChI=1S/C49H62N4O12/c1-23(2)22-52-15-17-53(18-16-52)30-20-31(54)37-33(21-30)64-46-38(50-37)34-35-43(58)29(8)45-36(34)47(60)49(9,65-45)63-19-14-32(62-10)26(5)41(56)28(7)42(57)27(6)40(55)24(3)12-11-13-25(4)48(61)51-39(46)44(35)59/h11-14,19-21,23-24,26-28,32,40-42,55-58,60H,15-18,22H2,1-10H3,(H,51,61)/b12-11+,19-14+,25-13-/t24-,26+,27+,28+,32+,40-,41+,42+,49-/m0/s1. The molecule has 16 heteroatoms. The highest BCUT2D eigenvalue weighted by atomic mass is 16.7. The van der Waals surface area contributed by atoms with E-state index in [2.05, 4.69) is 29.0 Å². The van der Waals surface area contributed by atoms with E-state index in [1.807, 2.05) is 0 Å². The normalized spacial score (nSPS) is 30.4. The number of anilines is 2. The lowest BCUT2D eigenvalue weighted by molar-refractivity contribution is -0.112. The molecular weight excluding hydrogens is 837 g/mol. The van der Waals surface area contributed by atoms with Gasteiger partial charge in [-0.1, -0.05) is 59.8 Å². The molecule has 3 aliphatic rings. The Morgan fingerprint density at radius 3 is 2.23 bits per heavy atom. The second-order valence-corrected chi connectivity index (χ2v) is 18.6. The number of phenolic OH excluding ortho intramolecular Hbond substituents is 1. The Morgan fingerprint density at radius 2 is 1.57 bits per heavy atom. The van der Waals surface area contributed by atoms with Crippen LogP contribution in [-0.4, -0.2) is 111 Å². The highest BCUT2D eigenvalue weighted by Crippen LogP contribution is 2.42. The average Bonchev–Trinajstić information content (AvgIpc) is 3.54. The van der Waals surface area contributed by atoms with Crippen LogP contribution in [0.1, 0.15) is 61.0 Å². The number of amides is 1. The van der Waals surface area contributed by atoms with Gasteiger partial charge < -0.3 is 54.4 Å².